The summed E-state index contributed by atoms with van der Waals surface area (Å²) in [5.41, 5.74) is -1.10. The molecule has 2 amide bonds. The van der Waals surface area contributed by atoms with Gasteiger partial charge in [-0.1, -0.05) is 26.0 Å². The topological polar surface area (TPSA) is 96.4 Å². The van der Waals surface area contributed by atoms with E-state index in [9.17, 15) is 19.5 Å². The maximum absolute atomic E-state index is 14.0. The summed E-state index contributed by atoms with van der Waals surface area (Å²) in [6, 6.07) is -1.58. The van der Waals surface area contributed by atoms with E-state index in [1.54, 1.807) is 11.0 Å². The molecule has 1 spiro atoms. The van der Waals surface area contributed by atoms with E-state index in [0.29, 0.717) is 19.4 Å². The van der Waals surface area contributed by atoms with Gasteiger partial charge in [0.1, 0.15) is 11.6 Å². The Bertz CT molecular complexity index is 826. The summed E-state index contributed by atoms with van der Waals surface area (Å²) in [5, 5.41) is 10.2. The monoisotopic (exact) mass is 490 g/mol. The van der Waals surface area contributed by atoms with Crippen LogP contribution in [0.2, 0.25) is 0 Å². The Morgan fingerprint density at radius 1 is 1.26 bits per heavy atom. The molecule has 196 valence electrons. The third kappa shape index (κ3) is 4.79. The highest BCUT2D eigenvalue weighted by Crippen LogP contribution is 2.59. The standard InChI is InChI=1S/C27H42N2O6/c1-7-9-10-11-15-34-26(33)21-20-12-13-27(35-20)22(21)24(31)29(19(16-30)17(3)4)23(27)25(32)28(14-8-2)18(5)6/h7-8,17-23,30H,1-2,9-16H2,3-6H3/t19-,20-,21+,22-,23?,27?/m0/s1. The number of esters is 1. The molecule has 1 N–H and O–H groups in total. The second kappa shape index (κ2) is 11.2. The molecule has 8 nitrogen and oxygen atoms in total. The number of carbonyl (C=O) groups is 3. The molecular formula is C27H42N2O6. The Labute approximate surface area is 209 Å². The summed E-state index contributed by atoms with van der Waals surface area (Å²) < 4.78 is 12.0. The molecule has 2 unspecified atom stereocenters. The van der Waals surface area contributed by atoms with Gasteiger partial charge in [0, 0.05) is 12.6 Å². The zero-order valence-electron chi connectivity index (χ0n) is 21.7. The number of amides is 2. The number of unbranched alkanes of at least 4 members (excludes halogenated alkanes) is 2. The molecule has 8 heteroatoms. The van der Waals surface area contributed by atoms with Crippen LogP contribution < -0.4 is 0 Å². The van der Waals surface area contributed by atoms with E-state index in [4.69, 9.17) is 9.47 Å². The lowest BCUT2D eigenvalue weighted by atomic mass is 9.70. The van der Waals surface area contributed by atoms with Crippen molar-refractivity contribution in [3.05, 3.63) is 25.3 Å². The van der Waals surface area contributed by atoms with E-state index in [1.807, 2.05) is 33.8 Å². The number of hydrogen-bond donors (Lipinski definition) is 1. The van der Waals surface area contributed by atoms with Gasteiger partial charge in [0.15, 0.2) is 0 Å². The van der Waals surface area contributed by atoms with Crippen molar-refractivity contribution >= 4 is 17.8 Å². The fraction of sp³-hybridized carbons (Fsp3) is 0.741. The molecule has 2 bridgehead atoms. The number of ether oxygens (including phenoxy) is 2. The van der Waals surface area contributed by atoms with Crippen LogP contribution >= 0.6 is 0 Å². The van der Waals surface area contributed by atoms with E-state index in [0.717, 1.165) is 19.3 Å². The highest BCUT2D eigenvalue weighted by Gasteiger charge is 2.75. The van der Waals surface area contributed by atoms with Gasteiger partial charge < -0.3 is 24.4 Å². The average molecular weight is 491 g/mol. The second-order valence-corrected chi connectivity index (χ2v) is 10.6. The fourth-order valence-electron chi connectivity index (χ4n) is 6.13. The molecule has 3 aliphatic rings. The molecule has 35 heavy (non-hydrogen) atoms. The maximum atomic E-state index is 14.0. The molecule has 3 rings (SSSR count). The molecule has 3 heterocycles. The normalized spacial score (nSPS) is 30.0. The van der Waals surface area contributed by atoms with Gasteiger partial charge >= 0.3 is 5.97 Å². The molecule has 0 saturated carbocycles. The molecule has 3 saturated heterocycles. The van der Waals surface area contributed by atoms with E-state index >= 15 is 0 Å². The number of aliphatic hydroxyl groups excluding tert-OH is 1. The van der Waals surface area contributed by atoms with Gasteiger partial charge in [-0.05, 0) is 51.9 Å². The van der Waals surface area contributed by atoms with Crippen LogP contribution in [0.3, 0.4) is 0 Å². The van der Waals surface area contributed by atoms with E-state index in [1.165, 1.54) is 4.90 Å². The van der Waals surface area contributed by atoms with E-state index < -0.39 is 41.6 Å². The summed E-state index contributed by atoms with van der Waals surface area (Å²) >= 11 is 0. The second-order valence-electron chi connectivity index (χ2n) is 10.6. The summed E-state index contributed by atoms with van der Waals surface area (Å²) in [4.78, 5) is 44.5. The number of carbonyl (C=O) groups excluding carboxylic acids is 3. The van der Waals surface area contributed by atoms with Crippen molar-refractivity contribution in [2.45, 2.75) is 89.6 Å². The minimum Gasteiger partial charge on any atom is -0.465 e. The first-order valence-electron chi connectivity index (χ1n) is 13.0. The molecule has 0 aliphatic carbocycles. The first kappa shape index (κ1) is 27.4. The van der Waals surface area contributed by atoms with Gasteiger partial charge in [0.05, 0.1) is 37.2 Å². The van der Waals surface area contributed by atoms with Crippen molar-refractivity contribution in [3.63, 3.8) is 0 Å². The first-order chi connectivity index (χ1) is 16.7. The first-order valence-corrected chi connectivity index (χ1v) is 13.0. The van der Waals surface area contributed by atoms with Crippen molar-refractivity contribution in [1.82, 2.24) is 9.80 Å². The van der Waals surface area contributed by atoms with Crippen LogP contribution in [-0.4, -0.2) is 82.3 Å². The molecule has 3 aliphatic heterocycles. The Morgan fingerprint density at radius 2 is 1.97 bits per heavy atom. The maximum Gasteiger partial charge on any atom is 0.312 e. The Hall–Kier alpha value is -2.19. The van der Waals surface area contributed by atoms with Gasteiger partial charge in [-0.25, -0.2) is 0 Å². The van der Waals surface area contributed by atoms with Crippen LogP contribution in [-0.2, 0) is 23.9 Å². The lowest BCUT2D eigenvalue weighted by Crippen LogP contribution is -2.60. The van der Waals surface area contributed by atoms with Crippen LogP contribution in [0.25, 0.3) is 0 Å². The Kier molecular flexibility index (Phi) is 8.81. The van der Waals surface area contributed by atoms with Crippen molar-refractivity contribution in [2.24, 2.45) is 17.8 Å². The minimum absolute atomic E-state index is 0.0890. The lowest BCUT2D eigenvalue weighted by molar-refractivity contribution is -0.157. The van der Waals surface area contributed by atoms with Crippen LogP contribution in [0.4, 0.5) is 0 Å². The molecule has 0 radical (unpaired) electrons. The summed E-state index contributed by atoms with van der Waals surface area (Å²) in [6.45, 7) is 15.5. The Balaban J connectivity index is 1.97. The molecular weight excluding hydrogens is 448 g/mol. The Morgan fingerprint density at radius 3 is 2.54 bits per heavy atom. The summed E-state index contributed by atoms with van der Waals surface area (Å²) in [7, 11) is 0. The number of nitrogens with zero attached hydrogens (tertiary/aromatic N) is 2. The van der Waals surface area contributed by atoms with Crippen molar-refractivity contribution in [3.8, 4) is 0 Å². The van der Waals surface area contributed by atoms with Crippen LogP contribution in [0, 0.1) is 17.8 Å². The van der Waals surface area contributed by atoms with E-state index in [-0.39, 0.29) is 37.0 Å². The number of allylic oxidation sites excluding steroid dienone is 1. The van der Waals surface area contributed by atoms with Gasteiger partial charge in [0.25, 0.3) is 0 Å². The quantitative estimate of drug-likeness (QED) is 0.242. The van der Waals surface area contributed by atoms with E-state index in [2.05, 4.69) is 13.2 Å². The lowest BCUT2D eigenvalue weighted by Gasteiger charge is -2.41. The minimum atomic E-state index is -1.10. The zero-order chi connectivity index (χ0) is 25.9. The smallest absolute Gasteiger partial charge is 0.312 e. The summed E-state index contributed by atoms with van der Waals surface area (Å²) in [6.07, 6.45) is 6.60. The predicted octanol–water partition coefficient (Wildman–Crippen LogP) is 2.70. The van der Waals surface area contributed by atoms with Crippen molar-refractivity contribution in [1.29, 1.82) is 0 Å². The van der Waals surface area contributed by atoms with Crippen LogP contribution in [0.5, 0.6) is 0 Å². The van der Waals surface area contributed by atoms with Crippen molar-refractivity contribution in [2.75, 3.05) is 19.8 Å². The third-order valence-electron chi connectivity index (χ3n) is 7.84. The van der Waals surface area contributed by atoms with Gasteiger partial charge in [-0.2, -0.15) is 0 Å². The molecule has 0 aromatic carbocycles. The number of hydrogen-bond acceptors (Lipinski definition) is 6. The fourth-order valence-corrected chi connectivity index (χ4v) is 6.13. The number of fused-ring (bicyclic) bond motifs is 1. The molecule has 0 aromatic heterocycles. The largest absolute Gasteiger partial charge is 0.465 e. The van der Waals surface area contributed by atoms with Gasteiger partial charge in [-0.15, -0.1) is 13.2 Å². The van der Waals surface area contributed by atoms with Gasteiger partial charge in [-0.3, -0.25) is 14.4 Å². The van der Waals surface area contributed by atoms with Gasteiger partial charge in [0.2, 0.25) is 11.8 Å². The average Bonchev–Trinajstić information content (AvgIpc) is 3.45. The highest BCUT2D eigenvalue weighted by molar-refractivity contribution is 5.98. The van der Waals surface area contributed by atoms with Crippen LogP contribution in [0.1, 0.15) is 59.8 Å². The SMILES string of the molecule is C=CCCCCOC(=O)[C@@H]1[C@@H]2CCC3(O2)C(C(=O)N(CC=C)C(C)C)N([C@@H](CO)C(C)C)C(=O)[C@H]13. The third-order valence-corrected chi connectivity index (χ3v) is 7.84. The molecule has 3 fully saturated rings. The summed E-state index contributed by atoms with van der Waals surface area (Å²) in [5.74, 6) is -2.58. The number of rotatable bonds is 13. The molecule has 6 atom stereocenters. The van der Waals surface area contributed by atoms with Crippen molar-refractivity contribution < 1.29 is 29.0 Å². The number of likely N-dealkylation sites (tertiary alicyclic amines) is 1. The number of aliphatic hydroxyl groups is 1. The van der Waals surface area contributed by atoms with Crippen LogP contribution in [0.15, 0.2) is 25.3 Å². The molecule has 0 aromatic rings. The predicted molar refractivity (Wildman–Crippen MR) is 132 cm³/mol. The highest BCUT2D eigenvalue weighted by atomic mass is 16.6. The zero-order valence-corrected chi connectivity index (χ0v) is 21.7.